The number of anilines is 4. The van der Waals surface area contributed by atoms with Crippen LogP contribution in [0.3, 0.4) is 0 Å². The fourth-order valence-corrected chi connectivity index (χ4v) is 4.17. The molecule has 1 unspecified atom stereocenters. The number of amides is 2. The van der Waals surface area contributed by atoms with E-state index in [0.717, 1.165) is 25.2 Å². The number of pyridine rings is 3. The molecule has 4 rings (SSSR count). The number of nitrogens with one attached hydrogen (secondary N) is 3. The van der Waals surface area contributed by atoms with Crippen LogP contribution in [0.1, 0.15) is 40.5 Å². The Hall–Kier alpha value is -3.66. The van der Waals surface area contributed by atoms with Crippen LogP contribution in [0.2, 0.25) is 5.15 Å². The van der Waals surface area contributed by atoms with E-state index in [2.05, 4.69) is 35.8 Å². The summed E-state index contributed by atoms with van der Waals surface area (Å²) in [5, 5.41) is 9.37. The van der Waals surface area contributed by atoms with Gasteiger partial charge in [0.1, 0.15) is 22.1 Å². The molecule has 3 aromatic heterocycles. The maximum absolute atomic E-state index is 12.2. The maximum atomic E-state index is 12.2. The second-order valence-corrected chi connectivity index (χ2v) is 10.1. The normalized spacial score (nSPS) is 15.9. The number of nitrogens with zero attached hydrogens (tertiary/aromatic N) is 4. The summed E-state index contributed by atoms with van der Waals surface area (Å²) in [6.07, 6.45) is 4.70. The monoisotopic (exact) mass is 511 g/mol. The van der Waals surface area contributed by atoms with Crippen LogP contribution in [0.5, 0.6) is 0 Å². The molecular formula is C25H30ClN7O3. The van der Waals surface area contributed by atoms with Crippen LogP contribution in [0, 0.1) is 0 Å². The quantitative estimate of drug-likeness (QED) is 0.414. The number of hydrogen-bond donors (Lipinski definition) is 3. The summed E-state index contributed by atoms with van der Waals surface area (Å²) >= 11 is 6.13. The predicted octanol–water partition coefficient (Wildman–Crippen LogP) is 4.87. The molecule has 1 aliphatic rings. The number of ether oxygens (including phenoxy) is 1. The van der Waals surface area contributed by atoms with E-state index in [-0.39, 0.29) is 11.9 Å². The molecule has 0 aliphatic carbocycles. The molecule has 190 valence electrons. The third kappa shape index (κ3) is 6.51. The van der Waals surface area contributed by atoms with E-state index in [1.165, 1.54) is 6.92 Å². The minimum absolute atomic E-state index is 0.0209. The van der Waals surface area contributed by atoms with Crippen molar-refractivity contribution in [2.24, 2.45) is 0 Å². The molecule has 1 fully saturated rings. The lowest BCUT2D eigenvalue weighted by Gasteiger charge is -2.34. The van der Waals surface area contributed by atoms with Gasteiger partial charge in [0, 0.05) is 26.1 Å². The molecule has 1 aliphatic heterocycles. The van der Waals surface area contributed by atoms with Gasteiger partial charge in [-0.15, -0.1) is 0 Å². The molecule has 0 aromatic carbocycles. The lowest BCUT2D eigenvalue weighted by Crippen LogP contribution is -2.49. The largest absolute Gasteiger partial charge is 0.444 e. The van der Waals surface area contributed by atoms with Gasteiger partial charge in [-0.25, -0.2) is 14.8 Å². The molecule has 0 bridgehead atoms. The molecule has 36 heavy (non-hydrogen) atoms. The van der Waals surface area contributed by atoms with Crippen LogP contribution in [0.15, 0.2) is 36.7 Å². The number of carbonyl (C=O) groups excluding carboxylic acids is 2. The lowest BCUT2D eigenvalue weighted by molar-refractivity contribution is -0.114. The van der Waals surface area contributed by atoms with Gasteiger partial charge in [-0.1, -0.05) is 11.6 Å². The summed E-state index contributed by atoms with van der Waals surface area (Å²) in [6, 6.07) is 7.24. The summed E-state index contributed by atoms with van der Waals surface area (Å²) in [6.45, 7) is 8.45. The van der Waals surface area contributed by atoms with E-state index in [1.807, 2.05) is 32.9 Å². The summed E-state index contributed by atoms with van der Waals surface area (Å²) in [4.78, 5) is 39.4. The second kappa shape index (κ2) is 10.5. The molecule has 3 aromatic rings. The van der Waals surface area contributed by atoms with Gasteiger partial charge in [-0.3, -0.25) is 9.78 Å². The van der Waals surface area contributed by atoms with Gasteiger partial charge in [-0.05, 0) is 57.9 Å². The highest BCUT2D eigenvalue weighted by Crippen LogP contribution is 2.32. The van der Waals surface area contributed by atoms with Gasteiger partial charge in [0.2, 0.25) is 5.91 Å². The van der Waals surface area contributed by atoms with Crippen molar-refractivity contribution in [1.29, 1.82) is 0 Å². The van der Waals surface area contributed by atoms with Crippen molar-refractivity contribution in [3.8, 4) is 0 Å². The minimum Gasteiger partial charge on any atom is -0.444 e. The number of fused-ring (bicyclic) bond motifs is 1. The molecule has 4 heterocycles. The molecule has 0 radical (unpaired) electrons. The van der Waals surface area contributed by atoms with E-state index in [4.69, 9.17) is 16.3 Å². The maximum Gasteiger partial charge on any atom is 0.407 e. The van der Waals surface area contributed by atoms with Crippen LogP contribution in [0.4, 0.5) is 27.7 Å². The molecule has 10 nitrogen and oxygen atoms in total. The Morgan fingerprint density at radius 3 is 2.64 bits per heavy atom. The van der Waals surface area contributed by atoms with Gasteiger partial charge in [0.05, 0.1) is 35.0 Å². The van der Waals surface area contributed by atoms with Gasteiger partial charge < -0.3 is 25.6 Å². The number of aromatic nitrogens is 3. The zero-order valence-corrected chi connectivity index (χ0v) is 21.5. The summed E-state index contributed by atoms with van der Waals surface area (Å²) in [5.41, 5.74) is 2.40. The fraction of sp³-hybridized carbons (Fsp3) is 0.400. The van der Waals surface area contributed by atoms with Gasteiger partial charge >= 0.3 is 6.09 Å². The minimum atomic E-state index is -0.538. The first-order chi connectivity index (χ1) is 17.1. The van der Waals surface area contributed by atoms with Crippen molar-refractivity contribution in [3.05, 3.63) is 41.8 Å². The molecular weight excluding hydrogens is 482 g/mol. The number of halogens is 1. The van der Waals surface area contributed by atoms with E-state index >= 15 is 0 Å². The van der Waals surface area contributed by atoms with E-state index in [1.54, 1.807) is 24.5 Å². The first-order valence-corrected chi connectivity index (χ1v) is 12.2. The summed E-state index contributed by atoms with van der Waals surface area (Å²) in [7, 11) is 0. The Labute approximate surface area is 214 Å². The van der Waals surface area contributed by atoms with Crippen molar-refractivity contribution in [2.75, 3.05) is 28.6 Å². The Kier molecular flexibility index (Phi) is 7.44. The van der Waals surface area contributed by atoms with E-state index in [0.29, 0.717) is 39.8 Å². The van der Waals surface area contributed by atoms with Crippen molar-refractivity contribution in [2.45, 2.75) is 52.2 Å². The van der Waals surface area contributed by atoms with Crippen molar-refractivity contribution >= 4 is 57.5 Å². The van der Waals surface area contributed by atoms with Crippen LogP contribution in [-0.4, -0.2) is 51.7 Å². The first kappa shape index (κ1) is 25.4. The molecule has 0 saturated carbocycles. The van der Waals surface area contributed by atoms with Crippen molar-refractivity contribution < 1.29 is 14.3 Å². The first-order valence-electron chi connectivity index (χ1n) is 11.8. The molecule has 1 atom stereocenters. The highest BCUT2D eigenvalue weighted by molar-refractivity contribution is 6.30. The standard InChI is InChI=1S/C25H30ClN7O3/c1-15(34)29-19-13-27-18-8-9-20(26)32-22(18)23(19)30-16-7-10-21(28-12-16)33-11-5-6-17(14-33)31-24(35)36-25(2,3)4/h7-10,12-13,17H,5-6,11,14H2,1-4H3,(H,27,30)(H,29,34)(H,31,35). The highest BCUT2D eigenvalue weighted by Gasteiger charge is 2.25. The van der Waals surface area contributed by atoms with Crippen LogP contribution < -0.4 is 20.9 Å². The summed E-state index contributed by atoms with van der Waals surface area (Å²) < 4.78 is 5.39. The average Bonchev–Trinajstić information content (AvgIpc) is 2.80. The number of carbonyl (C=O) groups is 2. The second-order valence-electron chi connectivity index (χ2n) is 9.69. The molecule has 0 spiro atoms. The number of piperidine rings is 1. The Balaban J connectivity index is 1.50. The van der Waals surface area contributed by atoms with Gasteiger partial charge in [0.25, 0.3) is 0 Å². The zero-order valence-electron chi connectivity index (χ0n) is 20.8. The third-order valence-electron chi connectivity index (χ3n) is 5.47. The smallest absolute Gasteiger partial charge is 0.407 e. The predicted molar refractivity (Wildman–Crippen MR) is 141 cm³/mol. The van der Waals surface area contributed by atoms with Gasteiger partial charge in [0.15, 0.2) is 0 Å². The topological polar surface area (TPSA) is 121 Å². The molecule has 2 amide bonds. The Morgan fingerprint density at radius 1 is 1.14 bits per heavy atom. The molecule has 1 saturated heterocycles. The van der Waals surface area contributed by atoms with Crippen LogP contribution in [0.25, 0.3) is 11.0 Å². The van der Waals surface area contributed by atoms with E-state index in [9.17, 15) is 9.59 Å². The Morgan fingerprint density at radius 2 is 1.94 bits per heavy atom. The number of rotatable bonds is 5. The third-order valence-corrected chi connectivity index (χ3v) is 5.68. The SMILES string of the molecule is CC(=O)Nc1cnc2ccc(Cl)nc2c1Nc1ccc(N2CCCC(NC(=O)OC(C)(C)C)C2)nc1. The molecule has 11 heteroatoms. The molecule has 3 N–H and O–H groups in total. The zero-order chi connectivity index (χ0) is 25.9. The van der Waals surface area contributed by atoms with Crippen molar-refractivity contribution in [3.63, 3.8) is 0 Å². The average molecular weight is 512 g/mol. The van der Waals surface area contributed by atoms with Gasteiger partial charge in [-0.2, -0.15) is 0 Å². The van der Waals surface area contributed by atoms with Crippen LogP contribution >= 0.6 is 11.6 Å². The van der Waals surface area contributed by atoms with Crippen LogP contribution in [-0.2, 0) is 9.53 Å². The summed E-state index contributed by atoms with van der Waals surface area (Å²) in [5.74, 6) is 0.577. The number of alkyl carbamates (subject to hydrolysis) is 1. The number of hydrogen-bond acceptors (Lipinski definition) is 8. The Bertz CT molecular complexity index is 1260. The fourth-order valence-electron chi connectivity index (χ4n) is 4.02. The van der Waals surface area contributed by atoms with Crippen molar-refractivity contribution in [1.82, 2.24) is 20.3 Å². The van der Waals surface area contributed by atoms with E-state index < -0.39 is 11.7 Å². The lowest BCUT2D eigenvalue weighted by atomic mass is 10.1. The highest BCUT2D eigenvalue weighted by atomic mass is 35.5.